The molecular formula is C24H30N2O4. The predicted molar refractivity (Wildman–Crippen MR) is 115 cm³/mol. The minimum absolute atomic E-state index is 0.0189. The van der Waals surface area contributed by atoms with E-state index in [0.29, 0.717) is 13.1 Å². The van der Waals surface area contributed by atoms with Crippen molar-refractivity contribution in [1.29, 1.82) is 0 Å². The first kappa shape index (κ1) is 21.8. The third-order valence-corrected chi connectivity index (χ3v) is 5.42. The first-order chi connectivity index (χ1) is 14.3. The van der Waals surface area contributed by atoms with Crippen molar-refractivity contribution in [3.8, 4) is 5.75 Å². The van der Waals surface area contributed by atoms with Gasteiger partial charge in [-0.25, -0.2) is 0 Å². The van der Waals surface area contributed by atoms with Gasteiger partial charge < -0.3 is 20.1 Å². The van der Waals surface area contributed by atoms with E-state index in [0.717, 1.165) is 22.4 Å². The molecule has 2 atom stereocenters. The smallest absolute Gasteiger partial charge is 0.225 e. The number of nitrogens with zero attached hydrogens (tertiary/aromatic N) is 1. The molecule has 2 unspecified atom stereocenters. The van der Waals surface area contributed by atoms with Gasteiger partial charge in [0.15, 0.2) is 0 Å². The van der Waals surface area contributed by atoms with Crippen LogP contribution in [0.15, 0.2) is 42.5 Å². The normalized spacial score (nSPS) is 17.1. The topological polar surface area (TPSA) is 78.9 Å². The molecule has 160 valence electrons. The van der Waals surface area contributed by atoms with E-state index in [-0.39, 0.29) is 31.4 Å². The summed E-state index contributed by atoms with van der Waals surface area (Å²) in [6.45, 7) is 7.02. The molecule has 0 bridgehead atoms. The number of ether oxygens (including phenoxy) is 1. The fourth-order valence-corrected chi connectivity index (χ4v) is 3.64. The number of nitrogens with one attached hydrogen (secondary N) is 1. The maximum absolute atomic E-state index is 12.5. The molecule has 6 nitrogen and oxygen atoms in total. The Morgan fingerprint density at radius 3 is 2.50 bits per heavy atom. The Kier molecular flexibility index (Phi) is 7.11. The molecule has 2 amide bonds. The van der Waals surface area contributed by atoms with Crippen molar-refractivity contribution in [2.45, 2.75) is 39.8 Å². The van der Waals surface area contributed by atoms with E-state index in [9.17, 15) is 14.7 Å². The number of para-hydroxylation sites is 1. The average Bonchev–Trinajstić information content (AvgIpc) is 3.08. The van der Waals surface area contributed by atoms with E-state index >= 15 is 0 Å². The lowest BCUT2D eigenvalue weighted by Gasteiger charge is -2.18. The fraction of sp³-hybridized carbons (Fsp3) is 0.417. The Morgan fingerprint density at radius 1 is 1.17 bits per heavy atom. The Balaban J connectivity index is 1.44. The molecule has 1 heterocycles. The van der Waals surface area contributed by atoms with Gasteiger partial charge in [-0.15, -0.1) is 0 Å². The van der Waals surface area contributed by atoms with Crippen LogP contribution in [-0.2, 0) is 16.1 Å². The second-order valence-electron chi connectivity index (χ2n) is 8.09. The van der Waals surface area contributed by atoms with Gasteiger partial charge in [-0.2, -0.15) is 0 Å². The number of aryl methyl sites for hydroxylation is 3. The van der Waals surface area contributed by atoms with Crippen molar-refractivity contribution in [3.05, 3.63) is 64.7 Å². The summed E-state index contributed by atoms with van der Waals surface area (Å²) in [6, 6.07) is 13.9. The van der Waals surface area contributed by atoms with Gasteiger partial charge in [0.25, 0.3) is 0 Å². The number of hydrogen-bond acceptors (Lipinski definition) is 4. The maximum Gasteiger partial charge on any atom is 0.225 e. The molecule has 1 aliphatic heterocycles. The second-order valence-corrected chi connectivity index (χ2v) is 8.09. The van der Waals surface area contributed by atoms with Gasteiger partial charge in [-0.05, 0) is 37.5 Å². The van der Waals surface area contributed by atoms with Crippen molar-refractivity contribution >= 4 is 11.8 Å². The lowest BCUT2D eigenvalue weighted by atomic mass is 10.1. The van der Waals surface area contributed by atoms with Crippen molar-refractivity contribution in [1.82, 2.24) is 10.2 Å². The largest absolute Gasteiger partial charge is 0.490 e. The number of carbonyl (C=O) groups excluding carboxylic acids is 2. The summed E-state index contributed by atoms with van der Waals surface area (Å²) < 4.78 is 5.73. The molecular weight excluding hydrogens is 380 g/mol. The molecule has 0 spiro atoms. The zero-order chi connectivity index (χ0) is 21.7. The third-order valence-electron chi connectivity index (χ3n) is 5.42. The highest BCUT2D eigenvalue weighted by molar-refractivity contribution is 5.89. The Labute approximate surface area is 177 Å². The highest BCUT2D eigenvalue weighted by Crippen LogP contribution is 2.23. The van der Waals surface area contributed by atoms with Gasteiger partial charge in [0.05, 0.1) is 5.92 Å². The maximum atomic E-state index is 12.5. The van der Waals surface area contributed by atoms with Gasteiger partial charge in [0.2, 0.25) is 11.8 Å². The highest BCUT2D eigenvalue weighted by Gasteiger charge is 2.34. The van der Waals surface area contributed by atoms with Crippen LogP contribution >= 0.6 is 0 Å². The fourth-order valence-electron chi connectivity index (χ4n) is 3.64. The van der Waals surface area contributed by atoms with E-state index in [1.807, 2.05) is 63.2 Å². The standard InChI is InChI=1S/C24H30N2O4/c1-16-7-9-19(10-8-16)13-26-14-20(11-22(26)28)24(29)25-12-21(27)15-30-23-17(2)5-4-6-18(23)3/h4-10,20-21,27H,11-15H2,1-3H3,(H,25,29). The van der Waals surface area contributed by atoms with E-state index < -0.39 is 12.0 Å². The van der Waals surface area contributed by atoms with Gasteiger partial charge in [-0.3, -0.25) is 9.59 Å². The number of benzene rings is 2. The Hall–Kier alpha value is -2.86. The molecule has 0 radical (unpaired) electrons. The SMILES string of the molecule is Cc1ccc(CN2CC(C(=O)NCC(O)COc3c(C)cccc3C)CC2=O)cc1. The van der Waals surface area contributed by atoms with E-state index in [2.05, 4.69) is 5.32 Å². The molecule has 0 aliphatic carbocycles. The molecule has 1 aliphatic rings. The van der Waals surface area contributed by atoms with Crippen molar-refractivity contribution < 1.29 is 19.4 Å². The van der Waals surface area contributed by atoms with E-state index in [1.54, 1.807) is 4.90 Å². The van der Waals surface area contributed by atoms with Gasteiger partial charge in [0, 0.05) is 26.1 Å². The highest BCUT2D eigenvalue weighted by atomic mass is 16.5. The van der Waals surface area contributed by atoms with E-state index in [1.165, 1.54) is 5.56 Å². The van der Waals surface area contributed by atoms with Crippen LogP contribution in [0.25, 0.3) is 0 Å². The summed E-state index contributed by atoms with van der Waals surface area (Å²) in [5.41, 5.74) is 4.23. The molecule has 2 N–H and O–H groups in total. The average molecular weight is 411 g/mol. The minimum Gasteiger partial charge on any atom is -0.490 e. The van der Waals surface area contributed by atoms with E-state index in [4.69, 9.17) is 4.74 Å². The summed E-state index contributed by atoms with van der Waals surface area (Å²) >= 11 is 0. The van der Waals surface area contributed by atoms with Crippen LogP contribution < -0.4 is 10.1 Å². The number of aliphatic hydroxyl groups excluding tert-OH is 1. The summed E-state index contributed by atoms with van der Waals surface area (Å²) in [7, 11) is 0. The molecule has 6 heteroatoms. The van der Waals surface area contributed by atoms with Crippen molar-refractivity contribution in [2.24, 2.45) is 5.92 Å². The number of aliphatic hydroxyl groups is 1. The number of amides is 2. The summed E-state index contributed by atoms with van der Waals surface area (Å²) in [6.07, 6.45) is -0.624. The van der Waals surface area contributed by atoms with Crippen LogP contribution in [0.2, 0.25) is 0 Å². The number of rotatable bonds is 8. The molecule has 3 rings (SSSR count). The molecule has 30 heavy (non-hydrogen) atoms. The van der Waals surface area contributed by atoms with Gasteiger partial charge in [-0.1, -0.05) is 48.0 Å². The zero-order valence-corrected chi connectivity index (χ0v) is 17.9. The predicted octanol–water partition coefficient (Wildman–Crippen LogP) is 2.52. The minimum atomic E-state index is -0.825. The quantitative estimate of drug-likeness (QED) is 0.701. The molecule has 2 aromatic rings. The lowest BCUT2D eigenvalue weighted by Crippen LogP contribution is -2.39. The number of carbonyl (C=O) groups is 2. The van der Waals surface area contributed by atoms with Crippen LogP contribution in [-0.4, -0.2) is 47.6 Å². The molecule has 0 saturated carbocycles. The molecule has 1 fully saturated rings. The number of likely N-dealkylation sites (tertiary alicyclic amines) is 1. The van der Waals surface area contributed by atoms with Crippen molar-refractivity contribution in [3.63, 3.8) is 0 Å². The Morgan fingerprint density at radius 2 is 1.83 bits per heavy atom. The third kappa shape index (κ3) is 5.60. The van der Waals surface area contributed by atoms with Crippen LogP contribution in [0.5, 0.6) is 5.75 Å². The van der Waals surface area contributed by atoms with Gasteiger partial charge >= 0.3 is 0 Å². The lowest BCUT2D eigenvalue weighted by molar-refractivity contribution is -0.129. The summed E-state index contributed by atoms with van der Waals surface area (Å²) in [4.78, 5) is 26.5. The molecule has 2 aromatic carbocycles. The number of hydrogen-bond donors (Lipinski definition) is 2. The van der Waals surface area contributed by atoms with Crippen LogP contribution in [0, 0.1) is 26.7 Å². The summed E-state index contributed by atoms with van der Waals surface area (Å²) in [5.74, 6) is 0.140. The van der Waals surface area contributed by atoms with Crippen molar-refractivity contribution in [2.75, 3.05) is 19.7 Å². The monoisotopic (exact) mass is 410 g/mol. The zero-order valence-electron chi connectivity index (χ0n) is 17.9. The summed E-state index contributed by atoms with van der Waals surface area (Å²) in [5, 5.41) is 12.9. The van der Waals surface area contributed by atoms with Crippen LogP contribution in [0.3, 0.4) is 0 Å². The molecule has 1 saturated heterocycles. The van der Waals surface area contributed by atoms with Gasteiger partial charge in [0.1, 0.15) is 18.5 Å². The van der Waals surface area contributed by atoms with Crippen LogP contribution in [0.4, 0.5) is 0 Å². The van der Waals surface area contributed by atoms with Crippen LogP contribution in [0.1, 0.15) is 28.7 Å². The Bertz CT molecular complexity index is 874. The molecule has 0 aromatic heterocycles. The first-order valence-electron chi connectivity index (χ1n) is 10.3. The second kappa shape index (κ2) is 9.76. The first-order valence-corrected chi connectivity index (χ1v) is 10.3.